The summed E-state index contributed by atoms with van der Waals surface area (Å²) in [6.45, 7) is -5.62. The fourth-order valence-electron chi connectivity index (χ4n) is 3.82. The van der Waals surface area contributed by atoms with Crippen molar-refractivity contribution >= 4 is 11.6 Å². The van der Waals surface area contributed by atoms with Crippen LogP contribution in [0.4, 0.5) is 13.2 Å². The van der Waals surface area contributed by atoms with Crippen LogP contribution in [0.15, 0.2) is 61.4 Å². The summed E-state index contributed by atoms with van der Waals surface area (Å²) in [5.74, 6) is -0.759. The van der Waals surface area contributed by atoms with E-state index in [1.807, 2.05) is 0 Å². The monoisotopic (exact) mass is 534 g/mol. The molecule has 0 fully saturated rings. The predicted octanol–water partition coefficient (Wildman–Crippen LogP) is 4.60. The fraction of sp³-hybridized carbons (Fsp3) is 0.217. The van der Waals surface area contributed by atoms with E-state index in [1.54, 1.807) is 0 Å². The van der Waals surface area contributed by atoms with Gasteiger partial charge in [-0.15, -0.1) is 5.10 Å². The first-order chi connectivity index (χ1) is 19.8. The second kappa shape index (κ2) is 10.5. The third-order valence-electron chi connectivity index (χ3n) is 5.51. The van der Waals surface area contributed by atoms with Crippen molar-refractivity contribution in [2.75, 3.05) is 13.6 Å². The third-order valence-corrected chi connectivity index (χ3v) is 5.80. The Kier molecular flexibility index (Phi) is 5.40. The number of nitrogens with zero attached hydrogens (tertiary/aromatic N) is 9. The minimum Gasteiger partial charge on any atom is -0.385 e. The first-order valence-corrected chi connectivity index (χ1v) is 10.9. The number of methoxy groups -OCH3 is 1. The van der Waals surface area contributed by atoms with E-state index in [0.717, 1.165) is 0 Å². The molecule has 0 radical (unpaired) electrons. The average Bonchev–Trinajstić information content (AvgIpc) is 3.69. The summed E-state index contributed by atoms with van der Waals surface area (Å²) < 4.78 is 88.1. The number of benzene rings is 1. The van der Waals surface area contributed by atoms with Crippen molar-refractivity contribution in [1.82, 2.24) is 44.8 Å². The second-order valence-corrected chi connectivity index (χ2v) is 8.00. The van der Waals surface area contributed by atoms with Crippen molar-refractivity contribution in [3.05, 3.63) is 78.0 Å². The number of halogens is 4. The van der Waals surface area contributed by atoms with Crippen LogP contribution in [0, 0.1) is 5.82 Å². The molecule has 0 saturated heterocycles. The molecule has 1 aromatic carbocycles. The van der Waals surface area contributed by atoms with Crippen molar-refractivity contribution in [2.45, 2.75) is 19.0 Å². The molecule has 0 aliphatic rings. The molecule has 0 spiro atoms. The zero-order chi connectivity index (χ0) is 30.2. The highest BCUT2D eigenvalue weighted by Gasteiger charge is 2.21. The lowest BCUT2D eigenvalue weighted by molar-refractivity contribution is 0.0585. The van der Waals surface area contributed by atoms with Gasteiger partial charge in [0.25, 0.3) is 0 Å². The van der Waals surface area contributed by atoms with Gasteiger partial charge in [-0.05, 0) is 41.1 Å². The van der Waals surface area contributed by atoms with E-state index in [4.69, 9.17) is 18.5 Å². The summed E-state index contributed by atoms with van der Waals surface area (Å²) in [6.07, 6.45) is 5.82. The van der Waals surface area contributed by atoms with E-state index in [0.29, 0.717) is 4.68 Å². The van der Waals surface area contributed by atoms with Crippen LogP contribution in [0.3, 0.4) is 0 Å². The van der Waals surface area contributed by atoms with E-state index in [-0.39, 0.29) is 38.8 Å². The summed E-state index contributed by atoms with van der Waals surface area (Å²) in [5.41, 5.74) is 1.04. The number of rotatable bonds is 9. The van der Waals surface area contributed by atoms with E-state index >= 15 is 4.39 Å². The topological polar surface area (TPSA) is 101 Å². The first kappa shape index (κ1) is 19.1. The fourth-order valence-corrected chi connectivity index (χ4v) is 3.98. The number of ether oxygens (including phenoxy) is 1. The first-order valence-electron chi connectivity index (χ1n) is 13.1. The highest BCUT2D eigenvalue weighted by molar-refractivity contribution is 6.31. The molecule has 1 atom stereocenters. The summed E-state index contributed by atoms with van der Waals surface area (Å²) in [7, 11) is -3.05. The molecule has 37 heavy (non-hydrogen) atoms. The maximum absolute atomic E-state index is 15.2. The van der Waals surface area contributed by atoms with E-state index < -0.39 is 38.4 Å². The van der Waals surface area contributed by atoms with Gasteiger partial charge in [0.05, 0.1) is 41.2 Å². The molecule has 0 saturated carbocycles. The summed E-state index contributed by atoms with van der Waals surface area (Å²) >= 11 is 6.04. The molecule has 0 bridgehead atoms. The van der Waals surface area contributed by atoms with Gasteiger partial charge in [-0.2, -0.15) is 23.7 Å². The largest absolute Gasteiger partial charge is 0.385 e. The number of hydrogen-bond acceptors (Lipinski definition) is 7. The Bertz CT molecular complexity index is 1680. The van der Waals surface area contributed by atoms with Gasteiger partial charge in [0.2, 0.25) is 0 Å². The van der Waals surface area contributed by atoms with Gasteiger partial charge in [0.15, 0.2) is 5.82 Å². The van der Waals surface area contributed by atoms with Crippen LogP contribution >= 0.6 is 11.6 Å². The lowest BCUT2D eigenvalue weighted by Gasteiger charge is -2.18. The zero-order valence-corrected chi connectivity index (χ0v) is 19.3. The van der Waals surface area contributed by atoms with Crippen molar-refractivity contribution in [2.24, 2.45) is 0 Å². The van der Waals surface area contributed by atoms with Crippen molar-refractivity contribution in [3.8, 4) is 28.1 Å². The van der Waals surface area contributed by atoms with Gasteiger partial charge in [-0.25, -0.2) is 9.07 Å². The molecule has 0 amide bonds. The molecule has 5 rings (SSSR count). The second-order valence-electron chi connectivity index (χ2n) is 7.60. The van der Waals surface area contributed by atoms with Gasteiger partial charge in [-0.3, -0.25) is 9.67 Å². The lowest BCUT2D eigenvalue weighted by Crippen LogP contribution is -2.15. The lowest BCUT2D eigenvalue weighted by atomic mass is 10.0. The zero-order valence-electron chi connectivity index (χ0n) is 23.6. The highest BCUT2D eigenvalue weighted by Crippen LogP contribution is 2.34. The minimum absolute atomic E-state index is 0.0353. The standard InChI is InChI=1S/C23H19ClF3N9O/c1-37-9-7-19(34-12-15(11-31-34)18-6-8-30-36(18)23(26)27)17-4-2-14(10-28-17)21-20(35-13-29-32-33-35)5-3-16(24)22(21)25/h2-6,8,10-13,19,23H,7,9H2,1H3/i1D3,9D2. The van der Waals surface area contributed by atoms with Crippen LogP contribution in [-0.2, 0) is 4.74 Å². The summed E-state index contributed by atoms with van der Waals surface area (Å²) in [4.78, 5) is 4.39. The molecule has 4 heterocycles. The number of tetrazole rings is 1. The Labute approximate surface area is 220 Å². The molecule has 0 aliphatic heterocycles. The Balaban J connectivity index is 1.55. The maximum atomic E-state index is 15.2. The average molecular weight is 535 g/mol. The van der Waals surface area contributed by atoms with Gasteiger partial charge < -0.3 is 4.74 Å². The van der Waals surface area contributed by atoms with Crippen LogP contribution in [0.2, 0.25) is 5.02 Å². The quantitative estimate of drug-likeness (QED) is 0.272. The Morgan fingerprint density at radius 3 is 2.76 bits per heavy atom. The van der Waals surface area contributed by atoms with Gasteiger partial charge >= 0.3 is 6.55 Å². The van der Waals surface area contributed by atoms with Crippen molar-refractivity contribution in [1.29, 1.82) is 0 Å². The Morgan fingerprint density at radius 2 is 2.03 bits per heavy atom. The van der Waals surface area contributed by atoms with Gasteiger partial charge in [0, 0.05) is 48.9 Å². The van der Waals surface area contributed by atoms with E-state index in [2.05, 4.69) is 35.4 Å². The van der Waals surface area contributed by atoms with E-state index in [9.17, 15) is 8.78 Å². The summed E-state index contributed by atoms with van der Waals surface area (Å²) in [6, 6.07) is 6.08. The molecular formula is C23H19ClF3N9O. The molecule has 14 heteroatoms. The molecule has 1 unspecified atom stereocenters. The normalized spacial score (nSPS) is 15.1. The van der Waals surface area contributed by atoms with Crippen molar-refractivity contribution < 1.29 is 24.8 Å². The highest BCUT2D eigenvalue weighted by atomic mass is 35.5. The van der Waals surface area contributed by atoms with Crippen LogP contribution in [0.5, 0.6) is 0 Å². The van der Waals surface area contributed by atoms with Gasteiger partial charge in [-0.1, -0.05) is 17.7 Å². The number of pyridine rings is 1. The number of aromatic nitrogens is 9. The Morgan fingerprint density at radius 1 is 1.14 bits per heavy atom. The van der Waals surface area contributed by atoms with Gasteiger partial charge in [0.1, 0.15) is 6.33 Å². The van der Waals surface area contributed by atoms with Crippen LogP contribution in [0.25, 0.3) is 28.1 Å². The Hall–Kier alpha value is -4.10. The van der Waals surface area contributed by atoms with Crippen LogP contribution in [-0.4, -0.2) is 58.3 Å². The number of alkyl halides is 2. The molecule has 10 nitrogen and oxygen atoms in total. The predicted molar refractivity (Wildman–Crippen MR) is 127 cm³/mol. The maximum Gasteiger partial charge on any atom is 0.333 e. The van der Waals surface area contributed by atoms with Crippen LogP contribution < -0.4 is 0 Å². The smallest absolute Gasteiger partial charge is 0.333 e. The molecular weight excluding hydrogens is 511 g/mol. The SMILES string of the molecule is [2H]C([2H])([2H])OC([2H])([2H])CC(c1ccc(-c2c(-n3cnnn3)ccc(Cl)c2F)cn1)n1cc(-c2ccnn2C(F)F)cn1. The molecule has 4 aromatic heterocycles. The van der Waals surface area contributed by atoms with Crippen molar-refractivity contribution in [3.63, 3.8) is 0 Å². The molecule has 0 N–H and O–H groups in total. The van der Waals surface area contributed by atoms with Crippen LogP contribution in [0.1, 0.15) is 31.6 Å². The molecule has 0 aliphatic carbocycles. The number of hydrogen-bond donors (Lipinski definition) is 0. The molecule has 190 valence electrons. The minimum atomic E-state index is -3.05. The summed E-state index contributed by atoms with van der Waals surface area (Å²) in [5, 5.41) is 18.6. The molecule has 5 aromatic rings. The van der Waals surface area contributed by atoms with E-state index in [1.165, 1.54) is 70.8 Å². The third kappa shape index (κ3) is 4.82.